The van der Waals surface area contributed by atoms with Crippen LogP contribution in [0.5, 0.6) is 0 Å². The van der Waals surface area contributed by atoms with Gasteiger partial charge in [0, 0.05) is 23.0 Å². The van der Waals surface area contributed by atoms with Crippen LogP contribution in [0.4, 0.5) is 10.5 Å². The summed E-state index contributed by atoms with van der Waals surface area (Å²) in [6, 6.07) is 6.18. The Hall–Kier alpha value is -1.69. The number of halogens is 1. The predicted molar refractivity (Wildman–Crippen MR) is 89.9 cm³/mol. The minimum Gasteiger partial charge on any atom is -0.328 e. The first-order chi connectivity index (χ1) is 10.4. The number of carbonyl (C=O) groups is 3. The number of benzene rings is 1. The second kappa shape index (κ2) is 9.35. The summed E-state index contributed by atoms with van der Waals surface area (Å²) in [5.41, 5.74) is 0.645. The van der Waals surface area contributed by atoms with Crippen molar-refractivity contribution in [1.29, 1.82) is 0 Å². The van der Waals surface area contributed by atoms with E-state index in [-0.39, 0.29) is 24.4 Å². The van der Waals surface area contributed by atoms with Gasteiger partial charge in [-0.1, -0.05) is 29.3 Å². The zero-order chi connectivity index (χ0) is 16.5. The van der Waals surface area contributed by atoms with E-state index in [0.717, 1.165) is 10.9 Å². The lowest BCUT2D eigenvalue weighted by molar-refractivity contribution is -0.124. The standard InChI is InChI=1S/C16H21BrN2O3/c1-3-4-14(15(21)10-5-11(2)20)19-16(22)18-13-8-6-12(17)7-9-13/h6-9,14H,3-5,10H2,1-2H3,(H2,18,19,22)/t14-/m0/s1. The van der Waals surface area contributed by atoms with Crippen molar-refractivity contribution in [2.75, 3.05) is 5.32 Å². The van der Waals surface area contributed by atoms with Gasteiger partial charge in [0.15, 0.2) is 5.78 Å². The topological polar surface area (TPSA) is 75.3 Å². The molecule has 0 fully saturated rings. The monoisotopic (exact) mass is 368 g/mol. The summed E-state index contributed by atoms with van der Waals surface area (Å²) in [5, 5.41) is 5.37. The number of hydrogen-bond donors (Lipinski definition) is 2. The summed E-state index contributed by atoms with van der Waals surface area (Å²) in [5.74, 6) is -0.133. The van der Waals surface area contributed by atoms with E-state index in [9.17, 15) is 14.4 Å². The minimum atomic E-state index is -0.556. The highest BCUT2D eigenvalue weighted by Gasteiger charge is 2.19. The fourth-order valence-electron chi connectivity index (χ4n) is 1.93. The van der Waals surface area contributed by atoms with Crippen molar-refractivity contribution in [3.63, 3.8) is 0 Å². The van der Waals surface area contributed by atoms with Crippen LogP contribution in [0.2, 0.25) is 0 Å². The SMILES string of the molecule is CCC[C@H](NC(=O)Nc1ccc(Br)cc1)C(=O)CCC(C)=O. The van der Waals surface area contributed by atoms with E-state index >= 15 is 0 Å². The van der Waals surface area contributed by atoms with E-state index in [1.807, 2.05) is 19.1 Å². The van der Waals surface area contributed by atoms with Crippen molar-refractivity contribution < 1.29 is 14.4 Å². The van der Waals surface area contributed by atoms with Crippen LogP contribution in [-0.2, 0) is 9.59 Å². The average molecular weight is 369 g/mol. The largest absolute Gasteiger partial charge is 0.328 e. The van der Waals surface area contributed by atoms with E-state index < -0.39 is 12.1 Å². The van der Waals surface area contributed by atoms with Crippen LogP contribution in [0.25, 0.3) is 0 Å². The van der Waals surface area contributed by atoms with Crippen LogP contribution in [0, 0.1) is 0 Å². The lowest BCUT2D eigenvalue weighted by atomic mass is 10.0. The highest BCUT2D eigenvalue weighted by Crippen LogP contribution is 2.14. The maximum atomic E-state index is 12.1. The van der Waals surface area contributed by atoms with E-state index in [4.69, 9.17) is 0 Å². The fraction of sp³-hybridized carbons (Fsp3) is 0.438. The Bertz CT molecular complexity index is 529. The minimum absolute atomic E-state index is 0.0251. The molecule has 0 radical (unpaired) electrons. The molecule has 0 aliphatic heterocycles. The third-order valence-corrected chi connectivity index (χ3v) is 3.63. The van der Waals surface area contributed by atoms with E-state index in [0.29, 0.717) is 12.1 Å². The van der Waals surface area contributed by atoms with Crippen molar-refractivity contribution in [3.05, 3.63) is 28.7 Å². The fourth-order valence-corrected chi connectivity index (χ4v) is 2.20. The van der Waals surface area contributed by atoms with Gasteiger partial charge >= 0.3 is 6.03 Å². The van der Waals surface area contributed by atoms with Crippen LogP contribution in [-0.4, -0.2) is 23.6 Å². The summed E-state index contributed by atoms with van der Waals surface area (Å²) < 4.78 is 0.918. The summed E-state index contributed by atoms with van der Waals surface area (Å²) in [7, 11) is 0. The van der Waals surface area contributed by atoms with E-state index in [1.54, 1.807) is 12.1 Å². The van der Waals surface area contributed by atoms with Crippen LogP contribution >= 0.6 is 15.9 Å². The molecule has 22 heavy (non-hydrogen) atoms. The zero-order valence-electron chi connectivity index (χ0n) is 12.8. The van der Waals surface area contributed by atoms with Crippen molar-refractivity contribution in [2.24, 2.45) is 0 Å². The van der Waals surface area contributed by atoms with Gasteiger partial charge in [0.2, 0.25) is 0 Å². The Morgan fingerprint density at radius 3 is 2.32 bits per heavy atom. The highest BCUT2D eigenvalue weighted by molar-refractivity contribution is 9.10. The molecular formula is C16H21BrN2O3. The van der Waals surface area contributed by atoms with Gasteiger partial charge < -0.3 is 15.4 Å². The van der Waals surface area contributed by atoms with Gasteiger partial charge in [-0.3, -0.25) is 4.79 Å². The van der Waals surface area contributed by atoms with Crippen molar-refractivity contribution >= 4 is 39.2 Å². The molecule has 120 valence electrons. The number of hydrogen-bond acceptors (Lipinski definition) is 3. The quantitative estimate of drug-likeness (QED) is 0.734. The summed E-state index contributed by atoms with van der Waals surface area (Å²) in [4.78, 5) is 35.0. The molecule has 1 rings (SSSR count). The third-order valence-electron chi connectivity index (χ3n) is 3.10. The third kappa shape index (κ3) is 6.85. The number of Topliss-reactive ketones (excluding diaryl/α,β-unsaturated/α-hetero) is 2. The summed E-state index contributed by atoms with van der Waals surface area (Å²) in [6.45, 7) is 3.40. The highest BCUT2D eigenvalue weighted by atomic mass is 79.9. The summed E-state index contributed by atoms with van der Waals surface area (Å²) >= 11 is 3.32. The normalized spacial score (nSPS) is 11.6. The van der Waals surface area contributed by atoms with Gasteiger partial charge in [-0.15, -0.1) is 0 Å². The zero-order valence-corrected chi connectivity index (χ0v) is 14.4. The second-order valence-electron chi connectivity index (χ2n) is 5.11. The number of ketones is 2. The molecule has 0 unspecified atom stereocenters. The molecule has 0 aromatic heterocycles. The number of amides is 2. The van der Waals surface area contributed by atoms with Gasteiger partial charge in [-0.25, -0.2) is 4.79 Å². The van der Waals surface area contributed by atoms with Crippen molar-refractivity contribution in [1.82, 2.24) is 5.32 Å². The predicted octanol–water partition coefficient (Wildman–Crippen LogP) is 3.68. The molecule has 0 aliphatic carbocycles. The lowest BCUT2D eigenvalue weighted by Gasteiger charge is -2.17. The van der Waals surface area contributed by atoms with Crippen molar-refractivity contribution in [3.8, 4) is 0 Å². The molecule has 5 nitrogen and oxygen atoms in total. The van der Waals surface area contributed by atoms with Gasteiger partial charge in [-0.05, 0) is 37.6 Å². The second-order valence-corrected chi connectivity index (χ2v) is 6.03. The molecular weight excluding hydrogens is 348 g/mol. The Labute approximate surface area is 139 Å². The smallest absolute Gasteiger partial charge is 0.319 e. The summed E-state index contributed by atoms with van der Waals surface area (Å²) in [6.07, 6.45) is 1.72. The van der Waals surface area contributed by atoms with Crippen LogP contribution < -0.4 is 10.6 Å². The van der Waals surface area contributed by atoms with Gasteiger partial charge in [-0.2, -0.15) is 0 Å². The number of nitrogens with one attached hydrogen (secondary N) is 2. The molecule has 0 saturated carbocycles. The lowest BCUT2D eigenvalue weighted by Crippen LogP contribution is -2.43. The maximum absolute atomic E-state index is 12.1. The Morgan fingerprint density at radius 2 is 1.77 bits per heavy atom. The first-order valence-corrected chi connectivity index (χ1v) is 8.07. The molecule has 1 aromatic carbocycles. The number of carbonyl (C=O) groups excluding carboxylic acids is 3. The van der Waals surface area contributed by atoms with Crippen LogP contribution in [0.1, 0.15) is 39.5 Å². The molecule has 0 heterocycles. The molecule has 0 saturated heterocycles. The van der Waals surface area contributed by atoms with E-state index in [2.05, 4.69) is 26.6 Å². The Kier molecular flexibility index (Phi) is 7.80. The first kappa shape index (κ1) is 18.4. The molecule has 6 heteroatoms. The molecule has 1 atom stereocenters. The Balaban J connectivity index is 2.57. The van der Waals surface area contributed by atoms with Gasteiger partial charge in [0.25, 0.3) is 0 Å². The van der Waals surface area contributed by atoms with Crippen LogP contribution in [0.15, 0.2) is 28.7 Å². The molecule has 0 aliphatic rings. The van der Waals surface area contributed by atoms with E-state index in [1.165, 1.54) is 6.92 Å². The molecule has 0 bridgehead atoms. The number of rotatable bonds is 8. The van der Waals surface area contributed by atoms with Gasteiger partial charge in [0.05, 0.1) is 6.04 Å². The van der Waals surface area contributed by atoms with Crippen molar-refractivity contribution in [2.45, 2.75) is 45.6 Å². The Morgan fingerprint density at radius 1 is 1.14 bits per heavy atom. The number of anilines is 1. The van der Waals surface area contributed by atoms with Gasteiger partial charge in [0.1, 0.15) is 5.78 Å². The number of urea groups is 1. The molecule has 2 N–H and O–H groups in total. The molecule has 2 amide bonds. The van der Waals surface area contributed by atoms with Crippen LogP contribution in [0.3, 0.4) is 0 Å². The first-order valence-electron chi connectivity index (χ1n) is 7.27. The maximum Gasteiger partial charge on any atom is 0.319 e. The molecule has 0 spiro atoms. The molecule has 1 aromatic rings. The average Bonchev–Trinajstić information content (AvgIpc) is 2.46.